The number of hydrogen-bond donors (Lipinski definition) is 0. The van der Waals surface area contributed by atoms with Gasteiger partial charge in [0.2, 0.25) is 0 Å². The average Bonchev–Trinajstić information content (AvgIpc) is 2.78. The van der Waals surface area contributed by atoms with Crippen LogP contribution >= 0.6 is 15.9 Å². The molecule has 1 heterocycles. The van der Waals surface area contributed by atoms with E-state index >= 15 is 0 Å². The van der Waals surface area contributed by atoms with Gasteiger partial charge in [0.25, 0.3) is 0 Å². The highest BCUT2D eigenvalue weighted by Gasteiger charge is 2.13. The molecule has 2 aromatic carbocycles. The van der Waals surface area contributed by atoms with Crippen LogP contribution in [-0.4, -0.2) is 9.55 Å². The summed E-state index contributed by atoms with van der Waals surface area (Å²) in [5.74, 6) is 0.970. The smallest absolute Gasteiger partial charge is 0.142 e. The molecule has 0 saturated carbocycles. The summed E-state index contributed by atoms with van der Waals surface area (Å²) in [4.78, 5) is 4.78. The predicted octanol–water partition coefficient (Wildman–Crippen LogP) is 4.96. The highest BCUT2D eigenvalue weighted by atomic mass is 79.9. The van der Waals surface area contributed by atoms with Gasteiger partial charge in [0.1, 0.15) is 5.82 Å². The van der Waals surface area contributed by atoms with Crippen molar-refractivity contribution in [3.8, 4) is 11.4 Å². The largest absolute Gasteiger partial charge is 0.320 e. The first kappa shape index (κ1) is 13.1. The van der Waals surface area contributed by atoms with E-state index in [2.05, 4.69) is 58.3 Å². The molecule has 3 heteroatoms. The molecule has 1 aromatic heterocycles. The van der Waals surface area contributed by atoms with Gasteiger partial charge >= 0.3 is 0 Å². The van der Waals surface area contributed by atoms with Crippen molar-refractivity contribution in [2.24, 2.45) is 0 Å². The molecule has 0 saturated heterocycles. The fourth-order valence-corrected chi connectivity index (χ4v) is 3.07. The van der Waals surface area contributed by atoms with Crippen molar-refractivity contribution in [3.05, 3.63) is 65.2 Å². The molecule has 0 unspecified atom stereocenters. The molecule has 0 atom stereocenters. The number of benzene rings is 2. The molecule has 20 heavy (non-hydrogen) atoms. The molecule has 0 aliphatic rings. The third-order valence-electron chi connectivity index (χ3n) is 3.33. The second-order valence-electron chi connectivity index (χ2n) is 4.81. The Hall–Kier alpha value is -1.87. The van der Waals surface area contributed by atoms with Crippen LogP contribution in [0.1, 0.15) is 5.56 Å². The number of allylic oxidation sites excluding steroid dienone is 1. The standard InChI is InChI=1S/C17H15BrN2/c1-3-10-20-16-7-5-4-6-15(16)19-17(20)13-9-8-12(2)11-14(13)18/h3-9,11H,1,10H2,2H3. The van der Waals surface area contributed by atoms with Crippen molar-refractivity contribution in [2.75, 3.05) is 0 Å². The first-order chi connectivity index (χ1) is 9.70. The Labute approximate surface area is 126 Å². The molecule has 3 rings (SSSR count). The number of fused-ring (bicyclic) bond motifs is 1. The van der Waals surface area contributed by atoms with E-state index in [1.807, 2.05) is 24.3 Å². The third-order valence-corrected chi connectivity index (χ3v) is 3.99. The quantitative estimate of drug-likeness (QED) is 0.622. The summed E-state index contributed by atoms with van der Waals surface area (Å²) in [6.07, 6.45) is 1.90. The molecular weight excluding hydrogens is 312 g/mol. The maximum absolute atomic E-state index is 4.78. The highest BCUT2D eigenvalue weighted by Crippen LogP contribution is 2.31. The number of hydrogen-bond acceptors (Lipinski definition) is 1. The number of imidazole rings is 1. The Kier molecular flexibility index (Phi) is 3.45. The van der Waals surface area contributed by atoms with E-state index in [4.69, 9.17) is 4.98 Å². The summed E-state index contributed by atoms with van der Waals surface area (Å²) in [5.41, 5.74) is 4.48. The second kappa shape index (κ2) is 5.25. The molecule has 0 aliphatic heterocycles. The molecule has 0 radical (unpaired) electrons. The first-order valence-electron chi connectivity index (χ1n) is 6.53. The van der Waals surface area contributed by atoms with Gasteiger partial charge in [0.05, 0.1) is 11.0 Å². The van der Waals surface area contributed by atoms with Gasteiger partial charge in [-0.15, -0.1) is 6.58 Å². The molecule has 0 N–H and O–H groups in total. The fraction of sp³-hybridized carbons (Fsp3) is 0.118. The van der Waals surface area contributed by atoms with E-state index in [0.29, 0.717) is 0 Å². The van der Waals surface area contributed by atoms with Gasteiger partial charge in [-0.05, 0) is 36.8 Å². The Balaban J connectivity index is 2.29. The summed E-state index contributed by atoms with van der Waals surface area (Å²) < 4.78 is 3.26. The van der Waals surface area contributed by atoms with Crippen LogP contribution in [0.25, 0.3) is 22.4 Å². The molecule has 0 fully saturated rings. The number of nitrogens with zero attached hydrogens (tertiary/aromatic N) is 2. The fourth-order valence-electron chi connectivity index (χ4n) is 2.40. The van der Waals surface area contributed by atoms with E-state index in [1.54, 1.807) is 0 Å². The SMILES string of the molecule is C=CCn1c(-c2ccc(C)cc2Br)nc2ccccc21. The molecule has 0 amide bonds. The summed E-state index contributed by atoms with van der Waals surface area (Å²) in [6, 6.07) is 14.5. The lowest BCUT2D eigenvalue weighted by Gasteiger charge is -2.08. The maximum atomic E-state index is 4.78. The van der Waals surface area contributed by atoms with E-state index in [9.17, 15) is 0 Å². The average molecular weight is 327 g/mol. The summed E-state index contributed by atoms with van der Waals surface area (Å²) in [5, 5.41) is 0. The van der Waals surface area contributed by atoms with E-state index in [0.717, 1.165) is 33.4 Å². The van der Waals surface area contributed by atoms with Crippen molar-refractivity contribution >= 4 is 27.0 Å². The van der Waals surface area contributed by atoms with Crippen LogP contribution in [-0.2, 0) is 6.54 Å². The van der Waals surface area contributed by atoms with Crippen LogP contribution in [0.15, 0.2) is 59.6 Å². The van der Waals surface area contributed by atoms with Gasteiger partial charge in [-0.3, -0.25) is 0 Å². The van der Waals surface area contributed by atoms with Crippen LogP contribution in [0.4, 0.5) is 0 Å². The Morgan fingerprint density at radius 2 is 2.05 bits per heavy atom. The Bertz CT molecular complexity index is 787. The summed E-state index contributed by atoms with van der Waals surface area (Å²) >= 11 is 3.65. The van der Waals surface area contributed by atoms with Crippen LogP contribution < -0.4 is 0 Å². The van der Waals surface area contributed by atoms with Crippen LogP contribution in [0.5, 0.6) is 0 Å². The summed E-state index contributed by atoms with van der Waals surface area (Å²) in [6.45, 7) is 6.68. The van der Waals surface area contributed by atoms with Crippen LogP contribution in [0.2, 0.25) is 0 Å². The van der Waals surface area contributed by atoms with Crippen molar-refractivity contribution in [1.82, 2.24) is 9.55 Å². The van der Waals surface area contributed by atoms with Gasteiger partial charge in [-0.25, -0.2) is 4.98 Å². The lowest BCUT2D eigenvalue weighted by atomic mass is 10.1. The second-order valence-corrected chi connectivity index (χ2v) is 5.66. The van der Waals surface area contributed by atoms with Crippen molar-refractivity contribution in [3.63, 3.8) is 0 Å². The van der Waals surface area contributed by atoms with Gasteiger partial charge in [-0.2, -0.15) is 0 Å². The van der Waals surface area contributed by atoms with Gasteiger partial charge in [0, 0.05) is 16.6 Å². The minimum Gasteiger partial charge on any atom is -0.320 e. The molecule has 100 valence electrons. The minimum absolute atomic E-state index is 0.746. The Morgan fingerprint density at radius 3 is 2.80 bits per heavy atom. The molecule has 0 spiro atoms. The highest BCUT2D eigenvalue weighted by molar-refractivity contribution is 9.10. The van der Waals surface area contributed by atoms with Gasteiger partial charge < -0.3 is 4.57 Å². The van der Waals surface area contributed by atoms with Gasteiger partial charge in [-0.1, -0.05) is 40.2 Å². The number of aromatic nitrogens is 2. The normalized spacial score (nSPS) is 10.9. The predicted molar refractivity (Wildman–Crippen MR) is 87.8 cm³/mol. The molecular formula is C17H15BrN2. The number of halogens is 1. The van der Waals surface area contributed by atoms with E-state index < -0.39 is 0 Å². The van der Waals surface area contributed by atoms with Gasteiger partial charge in [0.15, 0.2) is 0 Å². The zero-order valence-electron chi connectivity index (χ0n) is 11.3. The number of rotatable bonds is 3. The molecule has 2 nitrogen and oxygen atoms in total. The van der Waals surface area contributed by atoms with E-state index in [1.165, 1.54) is 5.56 Å². The minimum atomic E-state index is 0.746. The van der Waals surface area contributed by atoms with Crippen LogP contribution in [0, 0.1) is 6.92 Å². The summed E-state index contributed by atoms with van der Waals surface area (Å²) in [7, 11) is 0. The third kappa shape index (κ3) is 2.18. The molecule has 0 bridgehead atoms. The zero-order chi connectivity index (χ0) is 14.1. The van der Waals surface area contributed by atoms with E-state index in [-0.39, 0.29) is 0 Å². The monoisotopic (exact) mass is 326 g/mol. The van der Waals surface area contributed by atoms with Crippen molar-refractivity contribution in [1.29, 1.82) is 0 Å². The lowest BCUT2D eigenvalue weighted by molar-refractivity contribution is 0.861. The maximum Gasteiger partial charge on any atom is 0.142 e. The van der Waals surface area contributed by atoms with Crippen molar-refractivity contribution in [2.45, 2.75) is 13.5 Å². The molecule has 0 aliphatic carbocycles. The molecule has 3 aromatic rings. The van der Waals surface area contributed by atoms with Crippen molar-refractivity contribution < 1.29 is 0 Å². The Morgan fingerprint density at radius 1 is 1.25 bits per heavy atom. The topological polar surface area (TPSA) is 17.8 Å². The van der Waals surface area contributed by atoms with Crippen LogP contribution in [0.3, 0.4) is 0 Å². The zero-order valence-corrected chi connectivity index (χ0v) is 12.9. The number of para-hydroxylation sites is 2. The number of aryl methyl sites for hydroxylation is 1. The lowest BCUT2D eigenvalue weighted by Crippen LogP contribution is -1.98. The first-order valence-corrected chi connectivity index (χ1v) is 7.32.